The molecule has 1 aliphatic heterocycles. The molecule has 0 saturated carbocycles. The lowest BCUT2D eigenvalue weighted by atomic mass is 9.72. The molecule has 0 spiro atoms. The average Bonchev–Trinajstić information content (AvgIpc) is 2.61. The highest BCUT2D eigenvalue weighted by Crippen LogP contribution is 2.40. The number of piperidine rings is 1. The fourth-order valence-electron chi connectivity index (χ4n) is 3.85. The molecule has 1 aliphatic rings. The van der Waals surface area contributed by atoms with Gasteiger partial charge in [-0.05, 0) is 29.8 Å². The van der Waals surface area contributed by atoms with Crippen molar-refractivity contribution in [3.05, 3.63) is 58.9 Å². The maximum Gasteiger partial charge on any atom is 0.118 e. The first-order valence-corrected chi connectivity index (χ1v) is 9.01. The first kappa shape index (κ1) is 18.2. The minimum Gasteiger partial charge on any atom is -0.497 e. The van der Waals surface area contributed by atoms with E-state index in [9.17, 15) is 5.11 Å². The molecule has 134 valence electrons. The highest BCUT2D eigenvalue weighted by molar-refractivity contribution is 6.30. The molecular formula is C20H25ClN2O2. The molecule has 1 saturated heterocycles. The summed E-state index contributed by atoms with van der Waals surface area (Å²) < 4.78 is 5.21. The minimum atomic E-state index is -0.930. The van der Waals surface area contributed by atoms with Crippen LogP contribution in [0, 0.1) is 11.8 Å². The molecule has 3 atom stereocenters. The molecule has 0 radical (unpaired) electrons. The number of nitrogens with zero attached hydrogens (tertiary/aromatic N) is 2. The lowest BCUT2D eigenvalue weighted by Gasteiger charge is -2.47. The van der Waals surface area contributed by atoms with Crippen molar-refractivity contribution < 1.29 is 9.84 Å². The van der Waals surface area contributed by atoms with E-state index in [1.54, 1.807) is 19.4 Å². The van der Waals surface area contributed by atoms with Gasteiger partial charge in [-0.25, -0.2) is 0 Å². The Bertz CT molecular complexity index is 691. The van der Waals surface area contributed by atoms with Gasteiger partial charge in [-0.2, -0.15) is 0 Å². The molecule has 1 fully saturated rings. The molecule has 2 aromatic rings. The van der Waals surface area contributed by atoms with E-state index in [4.69, 9.17) is 16.3 Å². The van der Waals surface area contributed by atoms with E-state index in [2.05, 4.69) is 35.9 Å². The van der Waals surface area contributed by atoms with Crippen LogP contribution < -0.4 is 4.74 Å². The monoisotopic (exact) mass is 360 g/mol. The SMILES string of the molecule is COc1ccc(CN2C[C@@H](C)[C@@](O)(c3ccc(Cl)cn3)[C@@H](C)C2)cc1. The molecule has 4 nitrogen and oxygen atoms in total. The summed E-state index contributed by atoms with van der Waals surface area (Å²) in [6.45, 7) is 6.68. The first-order valence-electron chi connectivity index (χ1n) is 8.63. The third-order valence-corrected chi connectivity index (χ3v) is 5.49. The van der Waals surface area contributed by atoms with Crippen molar-refractivity contribution >= 4 is 11.6 Å². The highest BCUT2D eigenvalue weighted by atomic mass is 35.5. The Morgan fingerprint density at radius 3 is 2.32 bits per heavy atom. The standard InChI is InChI=1S/C20H25ClN2O2/c1-14-11-23(13-16-4-7-18(25-3)8-5-16)12-15(2)20(14,24)19-9-6-17(21)10-22-19/h4-10,14-15,24H,11-13H2,1-3H3/t14-,15+,20+. The maximum atomic E-state index is 11.4. The van der Waals surface area contributed by atoms with Gasteiger partial charge in [0.15, 0.2) is 0 Å². The molecule has 0 unspecified atom stereocenters. The zero-order valence-electron chi connectivity index (χ0n) is 14.9. The van der Waals surface area contributed by atoms with E-state index >= 15 is 0 Å². The second-order valence-corrected chi connectivity index (χ2v) is 7.47. The molecule has 0 amide bonds. The third kappa shape index (κ3) is 3.66. The minimum absolute atomic E-state index is 0.0724. The Hall–Kier alpha value is -1.62. The van der Waals surface area contributed by atoms with Crippen molar-refractivity contribution in [3.8, 4) is 5.75 Å². The number of pyridine rings is 1. The summed E-state index contributed by atoms with van der Waals surface area (Å²) in [6.07, 6.45) is 1.61. The zero-order valence-corrected chi connectivity index (χ0v) is 15.7. The number of hydrogen-bond acceptors (Lipinski definition) is 4. The number of aliphatic hydroxyl groups is 1. The Labute approximate surface area is 154 Å². The second kappa shape index (κ2) is 7.32. The Morgan fingerprint density at radius 2 is 1.80 bits per heavy atom. The van der Waals surface area contributed by atoms with E-state index in [1.165, 1.54) is 5.56 Å². The predicted molar refractivity (Wildman–Crippen MR) is 99.7 cm³/mol. The van der Waals surface area contributed by atoms with Crippen LogP contribution in [0.15, 0.2) is 42.6 Å². The second-order valence-electron chi connectivity index (χ2n) is 7.03. The third-order valence-electron chi connectivity index (χ3n) is 5.27. The van der Waals surface area contributed by atoms with E-state index in [0.717, 1.165) is 25.4 Å². The van der Waals surface area contributed by atoms with Crippen molar-refractivity contribution in [1.29, 1.82) is 0 Å². The lowest BCUT2D eigenvalue weighted by molar-refractivity contribution is -0.117. The normalized spacial score (nSPS) is 27.2. The van der Waals surface area contributed by atoms with Crippen LogP contribution in [-0.2, 0) is 12.1 Å². The number of rotatable bonds is 4. The largest absolute Gasteiger partial charge is 0.497 e. The van der Waals surface area contributed by atoms with Gasteiger partial charge in [-0.1, -0.05) is 37.6 Å². The topological polar surface area (TPSA) is 45.6 Å². The van der Waals surface area contributed by atoms with Crippen LogP contribution >= 0.6 is 11.6 Å². The van der Waals surface area contributed by atoms with E-state index < -0.39 is 5.60 Å². The van der Waals surface area contributed by atoms with Crippen LogP contribution in [0.2, 0.25) is 5.02 Å². The van der Waals surface area contributed by atoms with Gasteiger partial charge < -0.3 is 9.84 Å². The fraction of sp³-hybridized carbons (Fsp3) is 0.450. The van der Waals surface area contributed by atoms with Crippen LogP contribution in [-0.4, -0.2) is 35.2 Å². The van der Waals surface area contributed by atoms with Crippen LogP contribution in [0.1, 0.15) is 25.1 Å². The number of likely N-dealkylation sites (tertiary alicyclic amines) is 1. The maximum absolute atomic E-state index is 11.4. The molecule has 1 N–H and O–H groups in total. The Morgan fingerprint density at radius 1 is 1.16 bits per heavy atom. The summed E-state index contributed by atoms with van der Waals surface area (Å²) in [5, 5.41) is 12.0. The Kier molecular flexibility index (Phi) is 5.32. The summed E-state index contributed by atoms with van der Waals surface area (Å²) in [4.78, 5) is 6.78. The van der Waals surface area contributed by atoms with Crippen molar-refractivity contribution in [1.82, 2.24) is 9.88 Å². The summed E-state index contributed by atoms with van der Waals surface area (Å²) in [7, 11) is 1.68. The van der Waals surface area contributed by atoms with Gasteiger partial charge in [0.1, 0.15) is 11.4 Å². The molecule has 0 aliphatic carbocycles. The van der Waals surface area contributed by atoms with Gasteiger partial charge in [0.05, 0.1) is 17.8 Å². The number of ether oxygens (including phenoxy) is 1. The molecule has 0 bridgehead atoms. The number of hydrogen-bond donors (Lipinski definition) is 1. The molecule has 25 heavy (non-hydrogen) atoms. The molecular weight excluding hydrogens is 336 g/mol. The molecule has 1 aromatic carbocycles. The van der Waals surface area contributed by atoms with Crippen molar-refractivity contribution in [2.75, 3.05) is 20.2 Å². The summed E-state index contributed by atoms with van der Waals surface area (Å²) >= 11 is 5.94. The van der Waals surface area contributed by atoms with E-state index in [-0.39, 0.29) is 11.8 Å². The van der Waals surface area contributed by atoms with Gasteiger partial charge in [-0.15, -0.1) is 0 Å². The summed E-state index contributed by atoms with van der Waals surface area (Å²) in [5.74, 6) is 1.01. The van der Waals surface area contributed by atoms with Gasteiger partial charge in [0, 0.05) is 37.7 Å². The molecule has 1 aromatic heterocycles. The van der Waals surface area contributed by atoms with Crippen LogP contribution in [0.5, 0.6) is 5.75 Å². The average molecular weight is 361 g/mol. The van der Waals surface area contributed by atoms with E-state index in [1.807, 2.05) is 18.2 Å². The predicted octanol–water partition coefficient (Wildman–Crippen LogP) is 3.72. The zero-order chi connectivity index (χ0) is 18.0. The fourth-order valence-corrected chi connectivity index (χ4v) is 3.96. The van der Waals surface area contributed by atoms with Crippen molar-refractivity contribution in [3.63, 3.8) is 0 Å². The Balaban J connectivity index is 1.73. The number of benzene rings is 1. The van der Waals surface area contributed by atoms with Gasteiger partial charge >= 0.3 is 0 Å². The van der Waals surface area contributed by atoms with Crippen molar-refractivity contribution in [2.45, 2.75) is 26.0 Å². The molecule has 5 heteroatoms. The first-order chi connectivity index (χ1) is 11.9. The summed E-state index contributed by atoms with van der Waals surface area (Å²) in [5.41, 5.74) is 1.03. The van der Waals surface area contributed by atoms with Gasteiger partial charge in [0.2, 0.25) is 0 Å². The summed E-state index contributed by atoms with van der Waals surface area (Å²) in [6, 6.07) is 11.8. The van der Waals surface area contributed by atoms with Crippen molar-refractivity contribution in [2.24, 2.45) is 11.8 Å². The van der Waals surface area contributed by atoms with Gasteiger partial charge in [0.25, 0.3) is 0 Å². The van der Waals surface area contributed by atoms with Crippen LogP contribution in [0.3, 0.4) is 0 Å². The molecule has 2 heterocycles. The highest BCUT2D eigenvalue weighted by Gasteiger charge is 2.46. The van der Waals surface area contributed by atoms with Gasteiger partial charge in [-0.3, -0.25) is 9.88 Å². The lowest BCUT2D eigenvalue weighted by Crippen LogP contribution is -2.54. The van der Waals surface area contributed by atoms with E-state index in [0.29, 0.717) is 10.7 Å². The number of aromatic nitrogens is 1. The quantitative estimate of drug-likeness (QED) is 0.902. The van der Waals surface area contributed by atoms with Crippen LogP contribution in [0.25, 0.3) is 0 Å². The van der Waals surface area contributed by atoms with Crippen LogP contribution in [0.4, 0.5) is 0 Å². The smallest absolute Gasteiger partial charge is 0.118 e. The number of methoxy groups -OCH3 is 1. The number of halogens is 1. The molecule has 3 rings (SSSR count).